The van der Waals surface area contributed by atoms with Crippen molar-refractivity contribution in [2.75, 3.05) is 0 Å². The number of unbranched alkanes of at least 4 members (excludes halogenated alkanes) is 1. The van der Waals surface area contributed by atoms with Crippen LogP contribution in [0.4, 0.5) is 0 Å². The second kappa shape index (κ2) is 6.75. The Morgan fingerprint density at radius 1 is 1.11 bits per heavy atom. The first-order chi connectivity index (χ1) is 8.77. The lowest BCUT2D eigenvalue weighted by molar-refractivity contribution is 0.183. The maximum atomic E-state index is 10.00. The van der Waals surface area contributed by atoms with E-state index >= 15 is 0 Å². The van der Waals surface area contributed by atoms with Gasteiger partial charge in [-0.1, -0.05) is 35.9 Å². The summed E-state index contributed by atoms with van der Waals surface area (Å²) in [5.74, 6) is 0. The van der Waals surface area contributed by atoms with Crippen molar-refractivity contribution in [1.82, 2.24) is 0 Å². The standard InChI is InChI=1S/C17H24O/c1-14-8-7-13-17(18)16(14)12-6-5-11-15-9-3-2-4-10-15/h2-4,9-10,17-18H,5-8,11-13H2,1H3. The van der Waals surface area contributed by atoms with Crippen molar-refractivity contribution in [2.45, 2.75) is 58.0 Å². The van der Waals surface area contributed by atoms with Gasteiger partial charge in [0, 0.05) is 0 Å². The van der Waals surface area contributed by atoms with Crippen LogP contribution in [0.3, 0.4) is 0 Å². The third kappa shape index (κ3) is 3.71. The molecule has 1 aromatic rings. The number of aryl methyl sites for hydroxylation is 1. The van der Waals surface area contributed by atoms with Crippen LogP contribution in [0.1, 0.15) is 51.0 Å². The maximum Gasteiger partial charge on any atom is 0.0752 e. The van der Waals surface area contributed by atoms with E-state index in [9.17, 15) is 5.11 Å². The van der Waals surface area contributed by atoms with Crippen LogP contribution in [0.2, 0.25) is 0 Å². The predicted octanol–water partition coefficient (Wildman–Crippen LogP) is 4.26. The molecule has 2 rings (SSSR count). The van der Waals surface area contributed by atoms with E-state index in [-0.39, 0.29) is 6.10 Å². The number of rotatable bonds is 5. The summed E-state index contributed by atoms with van der Waals surface area (Å²) in [6.45, 7) is 2.19. The number of hydrogen-bond acceptors (Lipinski definition) is 1. The van der Waals surface area contributed by atoms with Gasteiger partial charge in [0.15, 0.2) is 0 Å². The minimum Gasteiger partial charge on any atom is -0.389 e. The van der Waals surface area contributed by atoms with Crippen molar-refractivity contribution in [1.29, 1.82) is 0 Å². The number of benzene rings is 1. The first-order valence-corrected chi connectivity index (χ1v) is 7.18. The fraction of sp³-hybridized carbons (Fsp3) is 0.529. The zero-order chi connectivity index (χ0) is 12.8. The lowest BCUT2D eigenvalue weighted by Crippen LogP contribution is -2.16. The highest BCUT2D eigenvalue weighted by atomic mass is 16.3. The van der Waals surface area contributed by atoms with Crippen LogP contribution < -0.4 is 0 Å². The van der Waals surface area contributed by atoms with E-state index in [1.54, 1.807) is 0 Å². The molecular formula is C17H24O. The molecule has 1 heteroatoms. The number of aliphatic hydroxyl groups excluding tert-OH is 1. The highest BCUT2D eigenvalue weighted by molar-refractivity contribution is 5.19. The Balaban J connectivity index is 1.75. The second-order valence-corrected chi connectivity index (χ2v) is 5.41. The molecule has 0 aliphatic heterocycles. The molecule has 0 saturated heterocycles. The third-order valence-corrected chi connectivity index (χ3v) is 3.98. The Hall–Kier alpha value is -1.08. The smallest absolute Gasteiger partial charge is 0.0752 e. The molecule has 0 amide bonds. The average molecular weight is 244 g/mol. The highest BCUT2D eigenvalue weighted by Gasteiger charge is 2.17. The molecule has 1 aromatic carbocycles. The largest absolute Gasteiger partial charge is 0.389 e. The SMILES string of the molecule is CC1=C(CCCCc2ccccc2)C(O)CCC1. The molecule has 1 aliphatic carbocycles. The van der Waals surface area contributed by atoms with Gasteiger partial charge in [-0.15, -0.1) is 0 Å². The summed E-state index contributed by atoms with van der Waals surface area (Å²) in [5, 5.41) is 10.00. The van der Waals surface area contributed by atoms with Gasteiger partial charge < -0.3 is 5.11 Å². The zero-order valence-electron chi connectivity index (χ0n) is 11.4. The molecule has 0 saturated carbocycles. The first-order valence-electron chi connectivity index (χ1n) is 7.18. The monoisotopic (exact) mass is 244 g/mol. The lowest BCUT2D eigenvalue weighted by Gasteiger charge is -2.23. The quantitative estimate of drug-likeness (QED) is 0.606. The molecule has 1 nitrogen and oxygen atoms in total. The number of allylic oxidation sites excluding steroid dienone is 1. The summed E-state index contributed by atoms with van der Waals surface area (Å²) in [7, 11) is 0. The molecule has 18 heavy (non-hydrogen) atoms. The maximum absolute atomic E-state index is 10.00. The number of aliphatic hydroxyl groups is 1. The van der Waals surface area contributed by atoms with Gasteiger partial charge >= 0.3 is 0 Å². The van der Waals surface area contributed by atoms with E-state index in [4.69, 9.17) is 0 Å². The Labute approximate surface area is 111 Å². The van der Waals surface area contributed by atoms with E-state index in [0.717, 1.165) is 25.7 Å². The third-order valence-electron chi connectivity index (χ3n) is 3.98. The van der Waals surface area contributed by atoms with Crippen LogP contribution in [0.25, 0.3) is 0 Å². The van der Waals surface area contributed by atoms with Crippen molar-refractivity contribution in [3.05, 3.63) is 47.0 Å². The summed E-state index contributed by atoms with van der Waals surface area (Å²) >= 11 is 0. The molecule has 1 unspecified atom stereocenters. The van der Waals surface area contributed by atoms with E-state index in [2.05, 4.69) is 37.3 Å². The Morgan fingerprint density at radius 2 is 1.83 bits per heavy atom. The van der Waals surface area contributed by atoms with Crippen LogP contribution in [0.5, 0.6) is 0 Å². The van der Waals surface area contributed by atoms with E-state index < -0.39 is 0 Å². The summed E-state index contributed by atoms with van der Waals surface area (Å²) < 4.78 is 0. The van der Waals surface area contributed by atoms with E-state index in [1.807, 2.05) is 0 Å². The van der Waals surface area contributed by atoms with Crippen LogP contribution in [-0.4, -0.2) is 11.2 Å². The summed E-state index contributed by atoms with van der Waals surface area (Å²) in [6, 6.07) is 10.7. The van der Waals surface area contributed by atoms with Crippen LogP contribution in [0, 0.1) is 0 Å². The molecule has 0 bridgehead atoms. The average Bonchev–Trinajstić information content (AvgIpc) is 2.38. The van der Waals surface area contributed by atoms with Crippen molar-refractivity contribution >= 4 is 0 Å². The zero-order valence-corrected chi connectivity index (χ0v) is 11.4. The fourth-order valence-electron chi connectivity index (χ4n) is 2.85. The fourth-order valence-corrected chi connectivity index (χ4v) is 2.85. The second-order valence-electron chi connectivity index (χ2n) is 5.41. The molecule has 98 valence electrons. The Kier molecular flexibility index (Phi) is 5.00. The minimum absolute atomic E-state index is 0.157. The van der Waals surface area contributed by atoms with Crippen LogP contribution >= 0.6 is 0 Å². The molecule has 0 aromatic heterocycles. The van der Waals surface area contributed by atoms with E-state index in [0.29, 0.717) is 0 Å². The Bertz CT molecular complexity index is 391. The van der Waals surface area contributed by atoms with Gasteiger partial charge in [-0.3, -0.25) is 0 Å². The molecule has 0 heterocycles. The van der Waals surface area contributed by atoms with Gasteiger partial charge in [-0.05, 0) is 63.0 Å². The summed E-state index contributed by atoms with van der Waals surface area (Å²) in [4.78, 5) is 0. The molecule has 1 aliphatic rings. The molecule has 1 N–H and O–H groups in total. The van der Waals surface area contributed by atoms with Crippen LogP contribution in [-0.2, 0) is 6.42 Å². The molecule has 0 fully saturated rings. The molecule has 1 atom stereocenters. The molecule has 0 radical (unpaired) electrons. The lowest BCUT2D eigenvalue weighted by atomic mass is 9.87. The minimum atomic E-state index is -0.157. The summed E-state index contributed by atoms with van der Waals surface area (Å²) in [5.41, 5.74) is 4.19. The van der Waals surface area contributed by atoms with Gasteiger partial charge in [0.1, 0.15) is 0 Å². The van der Waals surface area contributed by atoms with E-state index in [1.165, 1.54) is 36.0 Å². The van der Waals surface area contributed by atoms with Gasteiger partial charge in [0.25, 0.3) is 0 Å². The van der Waals surface area contributed by atoms with Crippen LogP contribution in [0.15, 0.2) is 41.5 Å². The van der Waals surface area contributed by atoms with Crippen molar-refractivity contribution in [3.63, 3.8) is 0 Å². The topological polar surface area (TPSA) is 20.2 Å². The number of hydrogen-bond donors (Lipinski definition) is 1. The highest BCUT2D eigenvalue weighted by Crippen LogP contribution is 2.28. The van der Waals surface area contributed by atoms with Gasteiger partial charge in [0.05, 0.1) is 6.10 Å². The van der Waals surface area contributed by atoms with Crippen molar-refractivity contribution < 1.29 is 5.11 Å². The van der Waals surface area contributed by atoms with Gasteiger partial charge in [0.2, 0.25) is 0 Å². The normalized spacial score (nSPS) is 20.2. The van der Waals surface area contributed by atoms with Gasteiger partial charge in [-0.2, -0.15) is 0 Å². The first kappa shape index (κ1) is 13.4. The molecule has 0 spiro atoms. The molecular weight excluding hydrogens is 220 g/mol. The van der Waals surface area contributed by atoms with Gasteiger partial charge in [-0.25, -0.2) is 0 Å². The Morgan fingerprint density at radius 3 is 2.56 bits per heavy atom. The summed E-state index contributed by atoms with van der Waals surface area (Å²) in [6.07, 6.45) is 7.79. The van der Waals surface area contributed by atoms with Crippen molar-refractivity contribution in [3.8, 4) is 0 Å². The predicted molar refractivity (Wildman–Crippen MR) is 76.6 cm³/mol. The van der Waals surface area contributed by atoms with Crippen molar-refractivity contribution in [2.24, 2.45) is 0 Å².